The Kier molecular flexibility index (Phi) is 7.11. The Bertz CT molecular complexity index is 1530. The van der Waals surface area contributed by atoms with Crippen molar-refractivity contribution in [3.05, 3.63) is 108 Å². The maximum absolute atomic E-state index is 12.7. The molecule has 0 aliphatic carbocycles. The second-order valence-electron chi connectivity index (χ2n) is 8.28. The average molecular weight is 510 g/mol. The van der Waals surface area contributed by atoms with Crippen molar-refractivity contribution in [2.24, 2.45) is 0 Å². The van der Waals surface area contributed by atoms with Crippen LogP contribution in [-0.2, 0) is 4.79 Å². The van der Waals surface area contributed by atoms with Crippen molar-refractivity contribution in [2.75, 3.05) is 16.4 Å². The van der Waals surface area contributed by atoms with E-state index in [0.29, 0.717) is 16.4 Å². The topological polar surface area (TPSA) is 71.1 Å². The fraction of sp³-hybridized carbons (Fsp3) is 0.0690. The number of amides is 2. The van der Waals surface area contributed by atoms with Crippen LogP contribution in [0, 0.1) is 6.92 Å². The van der Waals surface area contributed by atoms with E-state index in [0.717, 1.165) is 26.9 Å². The molecule has 1 aromatic heterocycles. The molecule has 0 saturated carbocycles. The molecule has 0 unspecified atom stereocenters. The number of thioether (sulfide) groups is 1. The molecule has 0 radical (unpaired) electrons. The number of thiazole rings is 1. The SMILES string of the molecule is Cc1ccc(-c2csc(NC(=O)CSc3ccc(NC(=O)c4ccc5ccccc5c4)cc3)n2)cc1. The maximum Gasteiger partial charge on any atom is 0.255 e. The van der Waals surface area contributed by atoms with Crippen molar-refractivity contribution >= 4 is 56.5 Å². The lowest BCUT2D eigenvalue weighted by Crippen LogP contribution is -2.13. The Hall–Kier alpha value is -3.94. The number of carbonyl (C=O) groups is 2. The smallest absolute Gasteiger partial charge is 0.255 e. The summed E-state index contributed by atoms with van der Waals surface area (Å²) >= 11 is 2.84. The molecule has 5 aromatic rings. The van der Waals surface area contributed by atoms with Gasteiger partial charge in [-0.2, -0.15) is 0 Å². The van der Waals surface area contributed by atoms with E-state index in [-0.39, 0.29) is 17.6 Å². The lowest BCUT2D eigenvalue weighted by molar-refractivity contribution is -0.113. The number of anilines is 2. The first kappa shape index (κ1) is 23.8. The third-order valence-electron chi connectivity index (χ3n) is 5.59. The number of aryl methyl sites for hydroxylation is 1. The van der Waals surface area contributed by atoms with Crippen molar-refractivity contribution in [2.45, 2.75) is 11.8 Å². The third-order valence-corrected chi connectivity index (χ3v) is 7.36. The van der Waals surface area contributed by atoms with E-state index in [9.17, 15) is 9.59 Å². The summed E-state index contributed by atoms with van der Waals surface area (Å²) in [5, 5.41) is 10.5. The molecular weight excluding hydrogens is 486 g/mol. The Labute approximate surface area is 217 Å². The third kappa shape index (κ3) is 5.82. The van der Waals surface area contributed by atoms with Crippen molar-refractivity contribution in [3.8, 4) is 11.3 Å². The Balaban J connectivity index is 1.13. The zero-order chi connectivity index (χ0) is 24.9. The molecule has 1 heterocycles. The number of hydrogen-bond acceptors (Lipinski definition) is 5. The van der Waals surface area contributed by atoms with Crippen LogP contribution in [0.1, 0.15) is 15.9 Å². The Morgan fingerprint density at radius 3 is 2.39 bits per heavy atom. The van der Waals surface area contributed by atoms with E-state index in [1.54, 1.807) is 0 Å². The van der Waals surface area contributed by atoms with Gasteiger partial charge in [0.05, 0.1) is 11.4 Å². The average Bonchev–Trinajstić information content (AvgIpc) is 3.36. The predicted molar refractivity (Wildman–Crippen MR) is 150 cm³/mol. The summed E-state index contributed by atoms with van der Waals surface area (Å²) in [5.41, 5.74) is 4.38. The van der Waals surface area contributed by atoms with Crippen LogP contribution in [-0.4, -0.2) is 22.6 Å². The molecule has 7 heteroatoms. The lowest BCUT2D eigenvalue weighted by Gasteiger charge is -2.08. The first-order chi connectivity index (χ1) is 17.5. The molecule has 0 aliphatic rings. The molecule has 0 aliphatic heterocycles. The molecule has 4 aromatic carbocycles. The van der Waals surface area contributed by atoms with E-state index >= 15 is 0 Å². The zero-order valence-electron chi connectivity index (χ0n) is 19.5. The van der Waals surface area contributed by atoms with Gasteiger partial charge in [0.2, 0.25) is 5.91 Å². The Morgan fingerprint density at radius 2 is 1.61 bits per heavy atom. The van der Waals surface area contributed by atoms with E-state index in [1.807, 2.05) is 103 Å². The highest BCUT2D eigenvalue weighted by Gasteiger charge is 2.10. The van der Waals surface area contributed by atoms with Crippen LogP contribution in [0.4, 0.5) is 10.8 Å². The first-order valence-corrected chi connectivity index (χ1v) is 13.3. The van der Waals surface area contributed by atoms with E-state index in [4.69, 9.17) is 0 Å². The molecule has 178 valence electrons. The van der Waals surface area contributed by atoms with Crippen molar-refractivity contribution in [3.63, 3.8) is 0 Å². The van der Waals surface area contributed by atoms with Crippen LogP contribution in [0.3, 0.4) is 0 Å². The van der Waals surface area contributed by atoms with Gasteiger partial charge in [-0.05, 0) is 54.1 Å². The molecule has 0 bridgehead atoms. The highest BCUT2D eigenvalue weighted by atomic mass is 32.2. The zero-order valence-corrected chi connectivity index (χ0v) is 21.2. The molecule has 0 saturated heterocycles. The van der Waals surface area contributed by atoms with Gasteiger partial charge in [-0.15, -0.1) is 23.1 Å². The summed E-state index contributed by atoms with van der Waals surface area (Å²) < 4.78 is 0. The first-order valence-electron chi connectivity index (χ1n) is 11.4. The van der Waals surface area contributed by atoms with E-state index in [1.165, 1.54) is 28.7 Å². The molecule has 2 N–H and O–H groups in total. The summed E-state index contributed by atoms with van der Waals surface area (Å²) in [7, 11) is 0. The van der Waals surface area contributed by atoms with Gasteiger partial charge in [0.15, 0.2) is 5.13 Å². The quantitative estimate of drug-likeness (QED) is 0.227. The summed E-state index contributed by atoms with van der Waals surface area (Å²) in [6.07, 6.45) is 0. The summed E-state index contributed by atoms with van der Waals surface area (Å²) in [5.74, 6) is -0.00474. The van der Waals surface area contributed by atoms with Crippen LogP contribution >= 0.6 is 23.1 Å². The number of rotatable bonds is 7. The number of hydrogen-bond donors (Lipinski definition) is 2. The molecule has 0 spiro atoms. The number of nitrogens with one attached hydrogen (secondary N) is 2. The van der Waals surface area contributed by atoms with E-state index in [2.05, 4.69) is 15.6 Å². The Morgan fingerprint density at radius 1 is 0.861 bits per heavy atom. The number of benzene rings is 4. The van der Waals surface area contributed by atoms with Gasteiger partial charge in [-0.1, -0.05) is 60.2 Å². The molecule has 0 atom stereocenters. The van der Waals surface area contributed by atoms with Crippen molar-refractivity contribution in [1.82, 2.24) is 4.98 Å². The molecule has 36 heavy (non-hydrogen) atoms. The van der Waals surface area contributed by atoms with Crippen LogP contribution in [0.15, 0.2) is 101 Å². The number of fused-ring (bicyclic) bond motifs is 1. The van der Waals surface area contributed by atoms with Gasteiger partial charge in [0.1, 0.15) is 0 Å². The molecule has 0 fully saturated rings. The predicted octanol–water partition coefficient (Wildman–Crippen LogP) is 7.25. The molecule has 5 rings (SSSR count). The summed E-state index contributed by atoms with van der Waals surface area (Å²) in [6.45, 7) is 2.05. The minimum absolute atomic E-state index is 0.113. The fourth-order valence-electron chi connectivity index (χ4n) is 3.66. The highest BCUT2D eigenvalue weighted by molar-refractivity contribution is 8.00. The van der Waals surface area contributed by atoms with Crippen LogP contribution in [0.25, 0.3) is 22.0 Å². The fourth-order valence-corrected chi connectivity index (χ4v) is 5.09. The van der Waals surface area contributed by atoms with Crippen LogP contribution in [0.5, 0.6) is 0 Å². The number of aromatic nitrogens is 1. The molecule has 2 amide bonds. The van der Waals surface area contributed by atoms with Gasteiger partial charge in [-0.25, -0.2) is 4.98 Å². The molecule has 5 nitrogen and oxygen atoms in total. The lowest BCUT2D eigenvalue weighted by atomic mass is 10.1. The highest BCUT2D eigenvalue weighted by Crippen LogP contribution is 2.26. The van der Waals surface area contributed by atoms with Gasteiger partial charge >= 0.3 is 0 Å². The van der Waals surface area contributed by atoms with Gasteiger partial charge in [0, 0.05) is 27.1 Å². The van der Waals surface area contributed by atoms with Gasteiger partial charge < -0.3 is 10.6 Å². The number of nitrogens with zero attached hydrogens (tertiary/aromatic N) is 1. The second kappa shape index (κ2) is 10.8. The van der Waals surface area contributed by atoms with Crippen LogP contribution < -0.4 is 10.6 Å². The minimum atomic E-state index is -0.158. The van der Waals surface area contributed by atoms with Gasteiger partial charge in [-0.3, -0.25) is 9.59 Å². The summed E-state index contributed by atoms with van der Waals surface area (Å²) in [6, 6.07) is 29.2. The molecular formula is C29H23N3O2S2. The second-order valence-corrected chi connectivity index (χ2v) is 10.2. The standard InChI is InChI=1S/C29H23N3O2S2/c1-19-6-8-21(9-7-19)26-17-36-29(31-26)32-27(33)18-35-25-14-12-24(13-15-25)30-28(34)23-11-10-20-4-2-3-5-22(20)16-23/h2-17H,18H2,1H3,(H,30,34)(H,31,32,33). The van der Waals surface area contributed by atoms with E-state index < -0.39 is 0 Å². The van der Waals surface area contributed by atoms with Crippen LogP contribution in [0.2, 0.25) is 0 Å². The normalized spacial score (nSPS) is 10.8. The minimum Gasteiger partial charge on any atom is -0.322 e. The number of carbonyl (C=O) groups excluding carboxylic acids is 2. The van der Waals surface area contributed by atoms with Crippen molar-refractivity contribution < 1.29 is 9.59 Å². The summed E-state index contributed by atoms with van der Waals surface area (Å²) in [4.78, 5) is 30.5. The van der Waals surface area contributed by atoms with Gasteiger partial charge in [0.25, 0.3) is 5.91 Å². The monoisotopic (exact) mass is 509 g/mol. The van der Waals surface area contributed by atoms with Crippen molar-refractivity contribution in [1.29, 1.82) is 0 Å². The maximum atomic E-state index is 12.7. The largest absolute Gasteiger partial charge is 0.322 e.